The lowest BCUT2D eigenvalue weighted by atomic mass is 9.69. The molecular formula is C13H24FN. The van der Waals surface area contributed by atoms with E-state index >= 15 is 0 Å². The molecule has 4 atom stereocenters. The van der Waals surface area contributed by atoms with Crippen molar-refractivity contribution >= 4 is 0 Å². The average molecular weight is 213 g/mol. The van der Waals surface area contributed by atoms with Crippen molar-refractivity contribution in [1.29, 1.82) is 0 Å². The zero-order valence-electron chi connectivity index (χ0n) is 9.84. The molecule has 2 fully saturated rings. The number of hydrogen-bond acceptors (Lipinski definition) is 1. The quantitative estimate of drug-likeness (QED) is 0.747. The molecule has 2 rings (SSSR count). The molecule has 88 valence electrons. The predicted octanol–water partition coefficient (Wildman–Crippen LogP) is 3.42. The lowest BCUT2D eigenvalue weighted by Gasteiger charge is -2.39. The zero-order valence-corrected chi connectivity index (χ0v) is 9.84. The van der Waals surface area contributed by atoms with Gasteiger partial charge in [-0.2, -0.15) is 0 Å². The number of nitrogens with two attached hydrogens (primary N) is 1. The van der Waals surface area contributed by atoms with Gasteiger partial charge in [-0.15, -0.1) is 0 Å². The fourth-order valence-corrected chi connectivity index (χ4v) is 3.78. The molecule has 0 radical (unpaired) electrons. The number of alkyl halides is 1. The minimum absolute atomic E-state index is 0.120. The van der Waals surface area contributed by atoms with Gasteiger partial charge in [0.25, 0.3) is 0 Å². The Morgan fingerprint density at radius 3 is 2.60 bits per heavy atom. The number of hydrogen-bond donors (Lipinski definition) is 1. The van der Waals surface area contributed by atoms with E-state index in [-0.39, 0.29) is 6.04 Å². The van der Waals surface area contributed by atoms with E-state index in [4.69, 9.17) is 5.73 Å². The molecular weight excluding hydrogens is 189 g/mol. The molecule has 0 aliphatic heterocycles. The summed E-state index contributed by atoms with van der Waals surface area (Å²) in [6.07, 6.45) is 8.24. The van der Waals surface area contributed by atoms with Crippen LogP contribution in [0.2, 0.25) is 0 Å². The van der Waals surface area contributed by atoms with E-state index in [0.717, 1.165) is 25.7 Å². The summed E-state index contributed by atoms with van der Waals surface area (Å²) >= 11 is 0. The highest BCUT2D eigenvalue weighted by atomic mass is 19.1. The molecule has 1 nitrogen and oxygen atoms in total. The standard InChI is InChI=1S/C13H24FN/c1-2-10-5-3-4-6-12(10)13(14)8-7-11(15)9-13/h10-12H,2-9,15H2,1H3. The van der Waals surface area contributed by atoms with Gasteiger partial charge in [-0.3, -0.25) is 0 Å². The fraction of sp³-hybridized carbons (Fsp3) is 1.00. The van der Waals surface area contributed by atoms with Crippen LogP contribution in [0, 0.1) is 11.8 Å². The summed E-state index contributed by atoms with van der Waals surface area (Å²) < 4.78 is 14.8. The summed E-state index contributed by atoms with van der Waals surface area (Å²) in [6.45, 7) is 2.21. The van der Waals surface area contributed by atoms with Crippen molar-refractivity contribution in [3.05, 3.63) is 0 Å². The van der Waals surface area contributed by atoms with Crippen molar-refractivity contribution < 1.29 is 4.39 Å². The van der Waals surface area contributed by atoms with Crippen LogP contribution in [-0.4, -0.2) is 11.7 Å². The first-order valence-electron chi connectivity index (χ1n) is 6.60. The maximum atomic E-state index is 14.8. The Morgan fingerprint density at radius 2 is 2.00 bits per heavy atom. The molecule has 0 spiro atoms. The molecule has 2 aliphatic carbocycles. The highest BCUT2D eigenvalue weighted by Gasteiger charge is 2.47. The molecule has 0 bridgehead atoms. The van der Waals surface area contributed by atoms with Crippen molar-refractivity contribution in [3.8, 4) is 0 Å². The molecule has 0 heterocycles. The summed E-state index contributed by atoms with van der Waals surface area (Å²) in [6, 6.07) is 0.120. The van der Waals surface area contributed by atoms with E-state index in [2.05, 4.69) is 6.92 Å². The molecule has 0 aromatic heterocycles. The van der Waals surface area contributed by atoms with E-state index in [1.165, 1.54) is 19.3 Å². The van der Waals surface area contributed by atoms with Gasteiger partial charge in [0.05, 0.1) is 0 Å². The lowest BCUT2D eigenvalue weighted by Crippen LogP contribution is -2.38. The first kappa shape index (κ1) is 11.4. The molecule has 0 saturated heterocycles. The molecule has 0 aromatic carbocycles. The van der Waals surface area contributed by atoms with Crippen molar-refractivity contribution in [1.82, 2.24) is 0 Å². The number of rotatable bonds is 2. The predicted molar refractivity (Wildman–Crippen MR) is 61.4 cm³/mol. The fourth-order valence-electron chi connectivity index (χ4n) is 3.78. The van der Waals surface area contributed by atoms with Gasteiger partial charge in [-0.1, -0.05) is 32.6 Å². The molecule has 2 saturated carbocycles. The van der Waals surface area contributed by atoms with E-state index < -0.39 is 5.67 Å². The molecule has 0 aromatic rings. The third-order valence-electron chi connectivity index (χ3n) is 4.63. The Labute approximate surface area is 92.6 Å². The molecule has 0 amide bonds. The van der Waals surface area contributed by atoms with E-state index in [1.54, 1.807) is 0 Å². The van der Waals surface area contributed by atoms with Crippen LogP contribution in [0.15, 0.2) is 0 Å². The van der Waals surface area contributed by atoms with E-state index in [0.29, 0.717) is 18.3 Å². The lowest BCUT2D eigenvalue weighted by molar-refractivity contribution is 0.0211. The molecule has 2 N–H and O–H groups in total. The van der Waals surface area contributed by atoms with Gasteiger partial charge in [0.2, 0.25) is 0 Å². The molecule has 2 heteroatoms. The minimum atomic E-state index is -0.916. The molecule has 15 heavy (non-hydrogen) atoms. The zero-order chi connectivity index (χ0) is 10.9. The summed E-state index contributed by atoms with van der Waals surface area (Å²) in [5.74, 6) is 0.929. The van der Waals surface area contributed by atoms with Crippen LogP contribution in [0.4, 0.5) is 4.39 Å². The van der Waals surface area contributed by atoms with Gasteiger partial charge in [0, 0.05) is 6.04 Å². The normalized spacial score (nSPS) is 47.0. The van der Waals surface area contributed by atoms with Crippen LogP contribution in [0.1, 0.15) is 58.3 Å². The summed E-state index contributed by atoms with van der Waals surface area (Å²) in [5, 5.41) is 0. The van der Waals surface area contributed by atoms with Crippen molar-refractivity contribution in [2.75, 3.05) is 0 Å². The van der Waals surface area contributed by atoms with Gasteiger partial charge >= 0.3 is 0 Å². The van der Waals surface area contributed by atoms with Gasteiger partial charge in [-0.05, 0) is 37.5 Å². The Hall–Kier alpha value is -0.110. The molecule has 2 aliphatic rings. The van der Waals surface area contributed by atoms with Crippen molar-refractivity contribution in [3.63, 3.8) is 0 Å². The van der Waals surface area contributed by atoms with Gasteiger partial charge < -0.3 is 5.73 Å². The minimum Gasteiger partial charge on any atom is -0.328 e. The van der Waals surface area contributed by atoms with Crippen LogP contribution in [0.5, 0.6) is 0 Å². The summed E-state index contributed by atoms with van der Waals surface area (Å²) in [5.41, 5.74) is 4.95. The van der Waals surface area contributed by atoms with Gasteiger partial charge in [0.1, 0.15) is 5.67 Å². The molecule has 4 unspecified atom stereocenters. The second kappa shape index (κ2) is 4.40. The first-order chi connectivity index (χ1) is 7.15. The average Bonchev–Trinajstić information content (AvgIpc) is 2.60. The smallest absolute Gasteiger partial charge is 0.115 e. The van der Waals surface area contributed by atoms with Crippen LogP contribution >= 0.6 is 0 Å². The third-order valence-corrected chi connectivity index (χ3v) is 4.63. The third kappa shape index (κ3) is 2.20. The Bertz CT molecular complexity index is 219. The van der Waals surface area contributed by atoms with Crippen molar-refractivity contribution in [2.24, 2.45) is 17.6 Å². The Balaban J connectivity index is 2.06. The second-order valence-corrected chi connectivity index (χ2v) is 5.60. The highest BCUT2D eigenvalue weighted by molar-refractivity contribution is 4.99. The van der Waals surface area contributed by atoms with Crippen LogP contribution in [0.3, 0.4) is 0 Å². The number of halogens is 1. The monoisotopic (exact) mass is 213 g/mol. The van der Waals surface area contributed by atoms with Crippen LogP contribution in [-0.2, 0) is 0 Å². The van der Waals surface area contributed by atoms with E-state index in [1.807, 2.05) is 0 Å². The van der Waals surface area contributed by atoms with Crippen LogP contribution in [0.25, 0.3) is 0 Å². The van der Waals surface area contributed by atoms with Gasteiger partial charge in [0.15, 0.2) is 0 Å². The first-order valence-corrected chi connectivity index (χ1v) is 6.60. The SMILES string of the molecule is CCC1CCCCC1C1(F)CCC(N)C1. The summed E-state index contributed by atoms with van der Waals surface area (Å²) in [4.78, 5) is 0. The van der Waals surface area contributed by atoms with Crippen LogP contribution < -0.4 is 5.73 Å². The highest BCUT2D eigenvalue weighted by Crippen LogP contribution is 2.48. The largest absolute Gasteiger partial charge is 0.328 e. The second-order valence-electron chi connectivity index (χ2n) is 5.60. The maximum absolute atomic E-state index is 14.8. The summed E-state index contributed by atoms with van der Waals surface area (Å²) in [7, 11) is 0. The van der Waals surface area contributed by atoms with E-state index in [9.17, 15) is 4.39 Å². The maximum Gasteiger partial charge on any atom is 0.115 e. The topological polar surface area (TPSA) is 26.0 Å². The van der Waals surface area contributed by atoms with Crippen molar-refractivity contribution in [2.45, 2.75) is 70.0 Å². The van der Waals surface area contributed by atoms with Gasteiger partial charge in [-0.25, -0.2) is 4.39 Å². The Kier molecular flexibility index (Phi) is 3.34. The Morgan fingerprint density at radius 1 is 1.27 bits per heavy atom.